The Hall–Kier alpha value is -4.54. The third-order valence-corrected chi connectivity index (χ3v) is 8.48. The van der Waals surface area contributed by atoms with Gasteiger partial charge in [0.2, 0.25) is 0 Å². The van der Waals surface area contributed by atoms with E-state index in [9.17, 15) is 14.0 Å². The first-order valence-electron chi connectivity index (χ1n) is 14.8. The molecule has 3 aromatic carbocycles. The average Bonchev–Trinajstić information content (AvgIpc) is 3.36. The molecule has 0 unspecified atom stereocenters. The number of hydrogen-bond donors (Lipinski definition) is 3. The van der Waals surface area contributed by atoms with E-state index in [4.69, 9.17) is 5.73 Å². The molecule has 1 amide bonds. The van der Waals surface area contributed by atoms with Gasteiger partial charge >= 0.3 is 0 Å². The topological polar surface area (TPSA) is 114 Å². The van der Waals surface area contributed by atoms with Crippen molar-refractivity contribution in [2.75, 3.05) is 58.1 Å². The van der Waals surface area contributed by atoms with Crippen molar-refractivity contribution < 1.29 is 9.18 Å². The van der Waals surface area contributed by atoms with Gasteiger partial charge in [0.1, 0.15) is 5.82 Å². The van der Waals surface area contributed by atoms with Gasteiger partial charge in [-0.25, -0.2) is 9.37 Å². The summed E-state index contributed by atoms with van der Waals surface area (Å²) in [6.45, 7) is 11.6. The minimum Gasteiger partial charge on any atom is -0.396 e. The van der Waals surface area contributed by atoms with Crippen LogP contribution in [-0.4, -0.2) is 87.9 Å². The molecular formula is C33H36FN7O2. The van der Waals surface area contributed by atoms with Gasteiger partial charge in [-0.3, -0.25) is 14.5 Å². The lowest BCUT2D eigenvalue weighted by Crippen LogP contribution is -2.50. The van der Waals surface area contributed by atoms with E-state index in [0.29, 0.717) is 52.0 Å². The van der Waals surface area contributed by atoms with Crippen LogP contribution in [0.1, 0.15) is 24.2 Å². The van der Waals surface area contributed by atoms with Crippen molar-refractivity contribution >= 4 is 33.5 Å². The minimum atomic E-state index is -0.379. The monoisotopic (exact) mass is 581 g/mol. The Labute approximate surface area is 249 Å². The molecule has 0 bridgehead atoms. The number of amides is 1. The van der Waals surface area contributed by atoms with Crippen LogP contribution in [0.3, 0.4) is 0 Å². The molecule has 6 rings (SSSR count). The van der Waals surface area contributed by atoms with Gasteiger partial charge in [-0.15, -0.1) is 0 Å². The highest BCUT2D eigenvalue weighted by Crippen LogP contribution is 2.32. The van der Waals surface area contributed by atoms with E-state index >= 15 is 0 Å². The maximum Gasteiger partial charge on any atom is 0.276 e. The molecule has 1 saturated heterocycles. The summed E-state index contributed by atoms with van der Waals surface area (Å²) in [4.78, 5) is 44.0. The zero-order valence-corrected chi connectivity index (χ0v) is 24.5. The zero-order valence-electron chi connectivity index (χ0n) is 24.5. The number of nitrogen functional groups attached to an aromatic ring is 1. The van der Waals surface area contributed by atoms with E-state index in [1.807, 2.05) is 23.1 Å². The van der Waals surface area contributed by atoms with E-state index in [1.54, 1.807) is 30.3 Å². The number of rotatable bonds is 8. The van der Waals surface area contributed by atoms with Crippen LogP contribution in [0.5, 0.6) is 0 Å². The molecule has 1 aliphatic heterocycles. The second kappa shape index (κ2) is 12.0. The number of aromatic amines is 2. The van der Waals surface area contributed by atoms with Crippen molar-refractivity contribution in [2.24, 2.45) is 0 Å². The van der Waals surface area contributed by atoms with E-state index in [0.717, 1.165) is 50.4 Å². The molecular weight excluding hydrogens is 545 g/mol. The molecule has 0 saturated carbocycles. The second-order valence-electron chi connectivity index (χ2n) is 11.0. The molecule has 3 heterocycles. The minimum absolute atomic E-state index is 0.0255. The Morgan fingerprint density at radius 1 is 0.930 bits per heavy atom. The number of halogens is 1. The zero-order chi connectivity index (χ0) is 30.1. The van der Waals surface area contributed by atoms with E-state index in [1.165, 1.54) is 12.1 Å². The lowest BCUT2D eigenvalue weighted by Gasteiger charge is -2.35. The molecule has 9 nitrogen and oxygen atoms in total. The highest BCUT2D eigenvalue weighted by Gasteiger charge is 2.24. The molecule has 10 heteroatoms. The van der Waals surface area contributed by atoms with Gasteiger partial charge in [0, 0.05) is 55.7 Å². The Bertz CT molecular complexity index is 1830. The summed E-state index contributed by atoms with van der Waals surface area (Å²) in [7, 11) is 0. The van der Waals surface area contributed by atoms with Gasteiger partial charge < -0.3 is 25.5 Å². The van der Waals surface area contributed by atoms with Crippen LogP contribution in [0.2, 0.25) is 0 Å². The molecule has 1 fully saturated rings. The van der Waals surface area contributed by atoms with Crippen LogP contribution < -0.4 is 11.3 Å². The van der Waals surface area contributed by atoms with Gasteiger partial charge in [-0.05, 0) is 66.7 Å². The largest absolute Gasteiger partial charge is 0.396 e. The number of likely N-dealkylation sites (N-methyl/N-ethyl adjacent to an activating group) is 1. The number of benzene rings is 3. The van der Waals surface area contributed by atoms with Gasteiger partial charge in [0.15, 0.2) is 5.69 Å². The molecule has 1 aliphatic rings. The molecule has 4 N–H and O–H groups in total. The van der Waals surface area contributed by atoms with Crippen molar-refractivity contribution in [1.82, 2.24) is 29.7 Å². The lowest BCUT2D eigenvalue weighted by molar-refractivity contribution is 0.0625. The van der Waals surface area contributed by atoms with E-state index in [2.05, 4.69) is 38.6 Å². The summed E-state index contributed by atoms with van der Waals surface area (Å²) in [6.07, 6.45) is 0. The Kier molecular flexibility index (Phi) is 7.96. The Balaban J connectivity index is 1.24. The molecule has 0 spiro atoms. The summed E-state index contributed by atoms with van der Waals surface area (Å²) in [6, 6.07) is 17.1. The fraction of sp³-hybridized carbons (Fsp3) is 0.303. The molecule has 0 aliphatic carbocycles. The summed E-state index contributed by atoms with van der Waals surface area (Å²) >= 11 is 0. The van der Waals surface area contributed by atoms with Crippen molar-refractivity contribution in [3.63, 3.8) is 0 Å². The number of hydrogen-bond acceptors (Lipinski definition) is 6. The Morgan fingerprint density at radius 2 is 1.63 bits per heavy atom. The summed E-state index contributed by atoms with van der Waals surface area (Å²) in [5.74, 6) is -0.333. The fourth-order valence-corrected chi connectivity index (χ4v) is 5.79. The molecule has 222 valence electrons. The van der Waals surface area contributed by atoms with Crippen LogP contribution in [0.15, 0.2) is 65.5 Å². The van der Waals surface area contributed by atoms with Crippen LogP contribution >= 0.6 is 0 Å². The number of anilines is 1. The van der Waals surface area contributed by atoms with Crippen LogP contribution in [-0.2, 0) is 0 Å². The van der Waals surface area contributed by atoms with Gasteiger partial charge in [-0.1, -0.05) is 32.0 Å². The number of piperazine rings is 1. The third-order valence-electron chi connectivity index (χ3n) is 8.48. The lowest BCUT2D eigenvalue weighted by atomic mass is 10.0. The number of carbonyl (C=O) groups is 1. The molecule has 0 radical (unpaired) electrons. The van der Waals surface area contributed by atoms with Crippen LogP contribution in [0, 0.1) is 5.82 Å². The molecule has 5 aromatic rings. The number of H-pyrrole nitrogens is 2. The quantitative estimate of drug-likeness (QED) is 0.248. The van der Waals surface area contributed by atoms with Crippen LogP contribution in [0.25, 0.3) is 44.5 Å². The average molecular weight is 582 g/mol. The van der Waals surface area contributed by atoms with E-state index in [-0.39, 0.29) is 23.0 Å². The highest BCUT2D eigenvalue weighted by atomic mass is 19.1. The first-order valence-corrected chi connectivity index (χ1v) is 14.8. The smallest absolute Gasteiger partial charge is 0.276 e. The predicted molar refractivity (Wildman–Crippen MR) is 170 cm³/mol. The van der Waals surface area contributed by atoms with E-state index < -0.39 is 0 Å². The summed E-state index contributed by atoms with van der Waals surface area (Å²) in [5, 5.41) is 0.667. The number of fused-ring (bicyclic) bond motifs is 2. The van der Waals surface area contributed by atoms with Crippen molar-refractivity contribution in [3.05, 3.63) is 82.4 Å². The SMILES string of the molecule is CCN(CC)CCN1CCN(C(=O)c2ccc3[nH]c(-c4nc5cc(-c6ccc(F)cc6)ccc5[nH]c4=O)c(N)c3c2)CC1. The second-order valence-corrected chi connectivity index (χ2v) is 11.0. The normalized spacial score (nSPS) is 14.3. The fourth-order valence-electron chi connectivity index (χ4n) is 5.79. The number of aromatic nitrogens is 3. The number of nitrogens with two attached hydrogens (primary N) is 1. The number of nitrogens with zero attached hydrogens (tertiary/aromatic N) is 4. The van der Waals surface area contributed by atoms with Crippen molar-refractivity contribution in [1.29, 1.82) is 0 Å². The predicted octanol–water partition coefficient (Wildman–Crippen LogP) is 4.56. The van der Waals surface area contributed by atoms with Crippen LogP contribution in [0.4, 0.5) is 10.1 Å². The summed E-state index contributed by atoms with van der Waals surface area (Å²) < 4.78 is 13.4. The maximum absolute atomic E-state index is 13.4. The summed E-state index contributed by atoms with van der Waals surface area (Å²) in [5.41, 5.74) is 11.2. The number of carbonyl (C=O) groups excluding carboxylic acids is 1. The van der Waals surface area contributed by atoms with Gasteiger partial charge in [-0.2, -0.15) is 0 Å². The highest BCUT2D eigenvalue weighted by molar-refractivity contribution is 6.04. The number of nitrogens with one attached hydrogen (secondary N) is 2. The maximum atomic E-state index is 13.4. The third kappa shape index (κ3) is 5.76. The molecule has 43 heavy (non-hydrogen) atoms. The standard InChI is InChI=1S/C33H36FN7O2/c1-3-39(4-2)13-14-40-15-17-41(18-16-40)33(43)23-8-11-26-25(19-23)29(35)30(36-26)31-32(42)38-27-12-7-22(20-28(27)37-31)21-5-9-24(34)10-6-21/h5-12,19-20,36H,3-4,13-18,35H2,1-2H3,(H,38,42). The van der Waals surface area contributed by atoms with Crippen molar-refractivity contribution in [3.8, 4) is 22.5 Å². The Morgan fingerprint density at radius 3 is 2.35 bits per heavy atom. The van der Waals surface area contributed by atoms with Gasteiger partial charge in [0.25, 0.3) is 11.5 Å². The molecule has 0 atom stereocenters. The molecule has 2 aromatic heterocycles. The first kappa shape index (κ1) is 28.6. The van der Waals surface area contributed by atoms with Crippen molar-refractivity contribution in [2.45, 2.75) is 13.8 Å². The first-order chi connectivity index (χ1) is 20.8. The van der Waals surface area contributed by atoms with Gasteiger partial charge in [0.05, 0.1) is 22.4 Å².